The van der Waals surface area contributed by atoms with Crippen LogP contribution in [0, 0.1) is 27.7 Å². The highest BCUT2D eigenvalue weighted by molar-refractivity contribution is 7.92. The van der Waals surface area contributed by atoms with Crippen LogP contribution in [0.4, 0.5) is 11.4 Å². The summed E-state index contributed by atoms with van der Waals surface area (Å²) in [7, 11) is -3.47. The first-order valence-corrected chi connectivity index (χ1v) is 14.1. The number of piperazine rings is 1. The minimum Gasteiger partial charge on any atom is -0.368 e. The topological polar surface area (TPSA) is 60.9 Å². The number of rotatable bonds is 6. The van der Waals surface area contributed by atoms with Crippen molar-refractivity contribution < 1.29 is 13.2 Å². The van der Waals surface area contributed by atoms with Crippen molar-refractivity contribution in [2.45, 2.75) is 34.2 Å². The normalized spacial score (nSPS) is 14.1. The molecule has 0 atom stereocenters. The molecular weight excluding hydrogens is 470 g/mol. The van der Waals surface area contributed by atoms with E-state index in [4.69, 9.17) is 0 Å². The largest absolute Gasteiger partial charge is 0.368 e. The third kappa shape index (κ3) is 5.57. The molecule has 1 fully saturated rings. The zero-order chi connectivity index (χ0) is 26.0. The van der Waals surface area contributed by atoms with E-state index in [9.17, 15) is 13.2 Å². The molecule has 190 valence electrons. The summed E-state index contributed by atoms with van der Waals surface area (Å²) < 4.78 is 26.5. The molecule has 3 aromatic rings. The third-order valence-corrected chi connectivity index (χ3v) is 8.33. The van der Waals surface area contributed by atoms with E-state index in [1.165, 1.54) is 27.4 Å². The van der Waals surface area contributed by atoms with Crippen molar-refractivity contribution in [2.75, 3.05) is 41.6 Å². The molecule has 1 heterocycles. The molecule has 1 aliphatic heterocycles. The van der Waals surface area contributed by atoms with Crippen LogP contribution in [0.3, 0.4) is 0 Å². The SMILES string of the molecule is Cc1ccc(N(Cc2ccc(C(=O)N3CCN(c4cccc(C)c4C)CC3)cc2)S(C)(=O)=O)cc1C. The highest BCUT2D eigenvalue weighted by Gasteiger charge is 2.24. The van der Waals surface area contributed by atoms with Crippen LogP contribution in [0.2, 0.25) is 0 Å². The lowest BCUT2D eigenvalue weighted by atomic mass is 10.1. The lowest BCUT2D eigenvalue weighted by Crippen LogP contribution is -2.49. The number of amides is 1. The number of aryl methyl sites for hydroxylation is 3. The van der Waals surface area contributed by atoms with Gasteiger partial charge >= 0.3 is 0 Å². The number of hydrogen-bond donors (Lipinski definition) is 0. The van der Waals surface area contributed by atoms with Crippen molar-refractivity contribution in [3.63, 3.8) is 0 Å². The predicted molar refractivity (Wildman–Crippen MR) is 147 cm³/mol. The zero-order valence-electron chi connectivity index (χ0n) is 21.8. The number of anilines is 2. The fourth-order valence-corrected chi connectivity index (χ4v) is 5.49. The molecule has 4 rings (SSSR count). The summed E-state index contributed by atoms with van der Waals surface area (Å²) in [5.41, 5.74) is 8.05. The minimum absolute atomic E-state index is 0.0105. The summed E-state index contributed by atoms with van der Waals surface area (Å²) in [5.74, 6) is 0.0105. The Morgan fingerprint density at radius 2 is 1.50 bits per heavy atom. The fourth-order valence-electron chi connectivity index (χ4n) is 4.61. The Hall–Kier alpha value is -3.32. The molecule has 7 heteroatoms. The maximum atomic E-state index is 13.1. The van der Waals surface area contributed by atoms with Gasteiger partial charge < -0.3 is 9.80 Å². The van der Waals surface area contributed by atoms with Gasteiger partial charge in [-0.05, 0) is 85.8 Å². The second-order valence-corrected chi connectivity index (χ2v) is 11.6. The van der Waals surface area contributed by atoms with Crippen molar-refractivity contribution in [3.05, 3.63) is 94.0 Å². The van der Waals surface area contributed by atoms with Gasteiger partial charge in [0.15, 0.2) is 0 Å². The average Bonchev–Trinajstić information content (AvgIpc) is 2.85. The number of benzene rings is 3. The first-order chi connectivity index (χ1) is 17.0. The van der Waals surface area contributed by atoms with Crippen LogP contribution in [-0.4, -0.2) is 51.7 Å². The Bertz CT molecular complexity index is 1360. The summed E-state index contributed by atoms with van der Waals surface area (Å²) in [5, 5.41) is 0. The molecule has 0 saturated carbocycles. The van der Waals surface area contributed by atoms with E-state index in [-0.39, 0.29) is 12.5 Å². The molecule has 6 nitrogen and oxygen atoms in total. The van der Waals surface area contributed by atoms with Gasteiger partial charge in [0.25, 0.3) is 5.91 Å². The Kier molecular flexibility index (Phi) is 7.41. The molecule has 0 radical (unpaired) electrons. The van der Waals surface area contributed by atoms with Gasteiger partial charge in [-0.3, -0.25) is 9.10 Å². The summed E-state index contributed by atoms with van der Waals surface area (Å²) >= 11 is 0. The van der Waals surface area contributed by atoms with Crippen molar-refractivity contribution in [1.82, 2.24) is 4.90 Å². The van der Waals surface area contributed by atoms with E-state index < -0.39 is 10.0 Å². The lowest BCUT2D eigenvalue weighted by molar-refractivity contribution is 0.0746. The molecular formula is C29H35N3O3S. The molecule has 1 amide bonds. The van der Waals surface area contributed by atoms with E-state index in [0.29, 0.717) is 24.3 Å². The van der Waals surface area contributed by atoms with Crippen LogP contribution in [0.1, 0.15) is 38.2 Å². The molecule has 0 aromatic heterocycles. The highest BCUT2D eigenvalue weighted by Crippen LogP contribution is 2.25. The van der Waals surface area contributed by atoms with Gasteiger partial charge in [-0.1, -0.05) is 30.3 Å². The zero-order valence-corrected chi connectivity index (χ0v) is 22.6. The van der Waals surface area contributed by atoms with E-state index in [1.54, 1.807) is 12.1 Å². The molecule has 0 N–H and O–H groups in total. The van der Waals surface area contributed by atoms with Crippen LogP contribution in [-0.2, 0) is 16.6 Å². The Labute approximate surface area is 215 Å². The van der Waals surface area contributed by atoms with E-state index in [2.05, 4.69) is 36.9 Å². The van der Waals surface area contributed by atoms with Crippen LogP contribution in [0.5, 0.6) is 0 Å². The Morgan fingerprint density at radius 1 is 0.833 bits per heavy atom. The van der Waals surface area contributed by atoms with Crippen molar-refractivity contribution in [2.24, 2.45) is 0 Å². The van der Waals surface area contributed by atoms with E-state index in [0.717, 1.165) is 29.8 Å². The van der Waals surface area contributed by atoms with Gasteiger partial charge in [0, 0.05) is 37.4 Å². The summed E-state index contributed by atoms with van der Waals surface area (Å²) in [4.78, 5) is 17.4. The molecule has 1 saturated heterocycles. The third-order valence-electron chi connectivity index (χ3n) is 7.19. The maximum absolute atomic E-state index is 13.1. The first kappa shape index (κ1) is 25.8. The van der Waals surface area contributed by atoms with Gasteiger partial charge in [0.1, 0.15) is 0 Å². The van der Waals surface area contributed by atoms with Gasteiger partial charge in [-0.15, -0.1) is 0 Å². The van der Waals surface area contributed by atoms with Crippen LogP contribution in [0.25, 0.3) is 0 Å². The smallest absolute Gasteiger partial charge is 0.253 e. The Balaban J connectivity index is 1.43. The van der Waals surface area contributed by atoms with E-state index >= 15 is 0 Å². The molecule has 3 aromatic carbocycles. The highest BCUT2D eigenvalue weighted by atomic mass is 32.2. The van der Waals surface area contributed by atoms with Crippen LogP contribution < -0.4 is 9.21 Å². The quantitative estimate of drug-likeness (QED) is 0.481. The number of carbonyl (C=O) groups excluding carboxylic acids is 1. The van der Waals surface area contributed by atoms with Crippen LogP contribution >= 0.6 is 0 Å². The van der Waals surface area contributed by atoms with Crippen LogP contribution in [0.15, 0.2) is 60.7 Å². The van der Waals surface area contributed by atoms with Crippen molar-refractivity contribution in [3.8, 4) is 0 Å². The second kappa shape index (κ2) is 10.3. The minimum atomic E-state index is -3.47. The molecule has 0 bridgehead atoms. The summed E-state index contributed by atoms with van der Waals surface area (Å²) in [6.07, 6.45) is 1.22. The van der Waals surface area contributed by atoms with Crippen molar-refractivity contribution >= 4 is 27.3 Å². The number of hydrogen-bond acceptors (Lipinski definition) is 4. The van der Waals surface area contributed by atoms with Gasteiger partial charge in [-0.25, -0.2) is 8.42 Å². The standard InChI is InChI=1S/C29H35N3O3S/c1-21-9-14-27(19-23(21)3)32(36(5,34)35)20-25-10-12-26(13-11-25)29(33)31-17-15-30(16-18-31)28-8-6-7-22(2)24(28)4/h6-14,19H,15-18,20H2,1-5H3. The molecule has 0 aliphatic carbocycles. The maximum Gasteiger partial charge on any atom is 0.253 e. The van der Waals surface area contributed by atoms with Gasteiger partial charge in [-0.2, -0.15) is 0 Å². The lowest BCUT2D eigenvalue weighted by Gasteiger charge is -2.37. The fraction of sp³-hybridized carbons (Fsp3) is 0.345. The molecule has 36 heavy (non-hydrogen) atoms. The average molecular weight is 506 g/mol. The molecule has 0 unspecified atom stereocenters. The second-order valence-electron chi connectivity index (χ2n) is 9.73. The number of carbonyl (C=O) groups is 1. The molecule has 0 spiro atoms. The first-order valence-electron chi connectivity index (χ1n) is 12.3. The predicted octanol–water partition coefficient (Wildman–Crippen LogP) is 4.85. The molecule has 1 aliphatic rings. The Morgan fingerprint density at radius 3 is 2.11 bits per heavy atom. The van der Waals surface area contributed by atoms with Gasteiger partial charge in [0.2, 0.25) is 10.0 Å². The number of nitrogens with zero attached hydrogens (tertiary/aromatic N) is 3. The summed E-state index contributed by atoms with van der Waals surface area (Å²) in [6, 6.07) is 19.3. The summed E-state index contributed by atoms with van der Waals surface area (Å²) in [6.45, 7) is 11.4. The number of sulfonamides is 1. The van der Waals surface area contributed by atoms with Gasteiger partial charge in [0.05, 0.1) is 18.5 Å². The van der Waals surface area contributed by atoms with Crippen molar-refractivity contribution in [1.29, 1.82) is 0 Å². The monoisotopic (exact) mass is 505 g/mol. The van der Waals surface area contributed by atoms with E-state index in [1.807, 2.05) is 49.1 Å².